The van der Waals surface area contributed by atoms with Crippen LogP contribution >= 0.6 is 0 Å². The van der Waals surface area contributed by atoms with Gasteiger partial charge in [-0.3, -0.25) is 14.8 Å². The molecule has 5 rings (SSSR count). The van der Waals surface area contributed by atoms with Crippen molar-refractivity contribution in [1.29, 1.82) is 0 Å². The molecule has 37 heavy (non-hydrogen) atoms. The number of likely N-dealkylation sites (tertiary alicyclic amines) is 1. The van der Waals surface area contributed by atoms with E-state index in [2.05, 4.69) is 0 Å². The molecule has 2 fully saturated rings. The predicted octanol–water partition coefficient (Wildman–Crippen LogP) is 3.96. The molecular formula is C28H30N2O6S. The minimum absolute atomic E-state index is 0.0170. The van der Waals surface area contributed by atoms with Crippen LogP contribution in [-0.2, 0) is 19.4 Å². The number of benzene rings is 3. The van der Waals surface area contributed by atoms with Crippen molar-refractivity contribution in [3.8, 4) is 11.1 Å². The van der Waals surface area contributed by atoms with Gasteiger partial charge in [-0.15, -0.1) is 0 Å². The van der Waals surface area contributed by atoms with Gasteiger partial charge in [0, 0.05) is 31.9 Å². The van der Waals surface area contributed by atoms with Crippen molar-refractivity contribution < 1.29 is 28.0 Å². The Labute approximate surface area is 216 Å². The van der Waals surface area contributed by atoms with Crippen LogP contribution in [0.1, 0.15) is 42.5 Å². The highest BCUT2D eigenvalue weighted by molar-refractivity contribution is 7.93. The first-order valence-electron chi connectivity index (χ1n) is 12.6. The molecule has 194 valence electrons. The van der Waals surface area contributed by atoms with Gasteiger partial charge in [-0.2, -0.15) is 0 Å². The van der Waals surface area contributed by atoms with E-state index in [4.69, 9.17) is 4.74 Å². The number of carbonyl (C=O) groups excluding carboxylic acids is 2. The summed E-state index contributed by atoms with van der Waals surface area (Å²) >= 11 is 0. The Kier molecular flexibility index (Phi) is 7.02. The van der Waals surface area contributed by atoms with Crippen molar-refractivity contribution >= 4 is 32.4 Å². The van der Waals surface area contributed by atoms with Gasteiger partial charge in [-0.1, -0.05) is 30.3 Å². The molecule has 8 nitrogen and oxygen atoms in total. The van der Waals surface area contributed by atoms with Gasteiger partial charge in [0.1, 0.15) is 0 Å². The topological polar surface area (TPSA) is 113 Å². The smallest absolute Gasteiger partial charge is 0.265 e. The molecule has 3 aromatic rings. The van der Waals surface area contributed by atoms with E-state index in [1.165, 1.54) is 24.0 Å². The van der Waals surface area contributed by atoms with Gasteiger partial charge in [0.15, 0.2) is 14.6 Å². The Balaban J connectivity index is 1.40. The number of sulfone groups is 1. The number of hydrogen-bond donors (Lipinski definition) is 2. The molecule has 0 unspecified atom stereocenters. The van der Waals surface area contributed by atoms with Crippen LogP contribution in [0, 0.1) is 0 Å². The van der Waals surface area contributed by atoms with Crippen LogP contribution in [0.5, 0.6) is 0 Å². The largest absolute Gasteiger partial charge is 0.381 e. The number of nitrogens with one attached hydrogen (secondary N) is 1. The van der Waals surface area contributed by atoms with Crippen molar-refractivity contribution in [3.05, 3.63) is 66.2 Å². The number of amides is 2. The maximum absolute atomic E-state index is 13.5. The molecule has 2 saturated heterocycles. The average molecular weight is 523 g/mol. The van der Waals surface area contributed by atoms with Crippen LogP contribution in [0.4, 0.5) is 0 Å². The predicted molar refractivity (Wildman–Crippen MR) is 139 cm³/mol. The second kappa shape index (κ2) is 10.2. The SMILES string of the molecule is O=C(c1ccc2cc(-c3ccc(S(=O)(=O)C4(C(=O)NO)CCOCC4)cc3)ccc2c1)N1CCCCC1. The lowest BCUT2D eigenvalue weighted by Crippen LogP contribution is -2.54. The lowest BCUT2D eigenvalue weighted by molar-refractivity contribution is -0.134. The number of rotatable bonds is 5. The van der Waals surface area contributed by atoms with Gasteiger partial charge in [0.05, 0.1) is 4.90 Å². The zero-order valence-electron chi connectivity index (χ0n) is 20.5. The molecule has 0 spiro atoms. The molecule has 0 aromatic heterocycles. The highest BCUT2D eigenvalue weighted by Crippen LogP contribution is 2.36. The fourth-order valence-electron chi connectivity index (χ4n) is 5.31. The third-order valence-corrected chi connectivity index (χ3v) is 10.1. The Morgan fingerprint density at radius 1 is 0.838 bits per heavy atom. The number of hydroxylamine groups is 1. The molecule has 0 bridgehead atoms. The fraction of sp³-hybridized carbons (Fsp3) is 0.357. The van der Waals surface area contributed by atoms with Crippen LogP contribution in [-0.4, -0.2) is 61.4 Å². The van der Waals surface area contributed by atoms with E-state index in [0.717, 1.165) is 47.8 Å². The van der Waals surface area contributed by atoms with Crippen LogP contribution in [0.3, 0.4) is 0 Å². The quantitative estimate of drug-likeness (QED) is 0.387. The monoisotopic (exact) mass is 522 g/mol. The standard InChI is InChI=1S/C28H30N2O6S/c31-26(30-14-2-1-3-15-30)24-7-6-22-18-21(4-5-23(22)19-24)20-8-10-25(11-9-20)37(34,35)28(27(32)29-33)12-16-36-17-13-28/h4-11,18-19,33H,1-3,12-17H2,(H,29,32). The number of nitrogens with zero attached hydrogens (tertiary/aromatic N) is 1. The van der Waals surface area contributed by atoms with Crippen LogP contribution in [0.2, 0.25) is 0 Å². The second-order valence-electron chi connectivity index (χ2n) is 9.70. The van der Waals surface area contributed by atoms with Gasteiger partial charge in [0.25, 0.3) is 11.8 Å². The fourth-order valence-corrected chi connectivity index (χ4v) is 7.25. The molecule has 0 atom stereocenters. The van der Waals surface area contributed by atoms with E-state index in [9.17, 15) is 23.2 Å². The molecule has 0 aliphatic carbocycles. The minimum atomic E-state index is -4.08. The van der Waals surface area contributed by atoms with Crippen molar-refractivity contribution in [3.63, 3.8) is 0 Å². The number of piperidine rings is 1. The van der Waals surface area contributed by atoms with E-state index < -0.39 is 20.5 Å². The summed E-state index contributed by atoms with van der Waals surface area (Å²) in [6.45, 7) is 1.85. The number of hydrogen-bond acceptors (Lipinski definition) is 6. The highest BCUT2D eigenvalue weighted by atomic mass is 32.2. The Hall–Kier alpha value is -3.27. The Morgan fingerprint density at radius 3 is 2.14 bits per heavy atom. The summed E-state index contributed by atoms with van der Waals surface area (Å²) in [7, 11) is -4.08. The maximum atomic E-state index is 13.5. The molecule has 0 radical (unpaired) electrons. The van der Waals surface area contributed by atoms with Crippen molar-refractivity contribution in [2.45, 2.75) is 41.7 Å². The zero-order valence-corrected chi connectivity index (χ0v) is 21.3. The second-order valence-corrected chi connectivity index (χ2v) is 12.0. The summed E-state index contributed by atoms with van der Waals surface area (Å²) in [5.41, 5.74) is 3.95. The molecule has 3 aromatic carbocycles. The third-order valence-electron chi connectivity index (χ3n) is 7.56. The van der Waals surface area contributed by atoms with E-state index >= 15 is 0 Å². The van der Waals surface area contributed by atoms with E-state index in [1.807, 2.05) is 41.3 Å². The van der Waals surface area contributed by atoms with Crippen LogP contribution in [0.15, 0.2) is 65.6 Å². The summed E-state index contributed by atoms with van der Waals surface area (Å²) in [4.78, 5) is 27.3. The van der Waals surface area contributed by atoms with E-state index in [-0.39, 0.29) is 36.9 Å². The van der Waals surface area contributed by atoms with E-state index in [1.54, 1.807) is 12.1 Å². The molecule has 2 amide bonds. The zero-order chi connectivity index (χ0) is 26.0. The third kappa shape index (κ3) is 4.63. The molecule has 2 N–H and O–H groups in total. The summed E-state index contributed by atoms with van der Waals surface area (Å²) in [5.74, 6) is -0.868. The van der Waals surface area contributed by atoms with Crippen molar-refractivity contribution in [2.75, 3.05) is 26.3 Å². The highest BCUT2D eigenvalue weighted by Gasteiger charge is 2.52. The lowest BCUT2D eigenvalue weighted by Gasteiger charge is -2.34. The summed E-state index contributed by atoms with van der Waals surface area (Å²) in [5, 5.41) is 11.2. The molecule has 2 aliphatic rings. The first-order valence-corrected chi connectivity index (χ1v) is 14.0. The van der Waals surface area contributed by atoms with Crippen LogP contribution < -0.4 is 5.48 Å². The summed E-state index contributed by atoms with van der Waals surface area (Å²) in [6.07, 6.45) is 3.21. The van der Waals surface area contributed by atoms with Gasteiger partial charge < -0.3 is 9.64 Å². The lowest BCUT2D eigenvalue weighted by atomic mass is 9.98. The van der Waals surface area contributed by atoms with Crippen molar-refractivity contribution in [2.24, 2.45) is 0 Å². The Morgan fingerprint density at radius 2 is 1.46 bits per heavy atom. The number of ether oxygens (including phenoxy) is 1. The molecule has 2 aliphatic heterocycles. The van der Waals surface area contributed by atoms with Gasteiger partial charge in [0.2, 0.25) is 0 Å². The van der Waals surface area contributed by atoms with Gasteiger partial charge in [-0.25, -0.2) is 13.9 Å². The van der Waals surface area contributed by atoms with Gasteiger partial charge >= 0.3 is 0 Å². The molecule has 9 heteroatoms. The number of carbonyl (C=O) groups is 2. The number of fused-ring (bicyclic) bond motifs is 1. The first kappa shape index (κ1) is 25.4. The molecular weight excluding hydrogens is 492 g/mol. The van der Waals surface area contributed by atoms with Crippen LogP contribution in [0.25, 0.3) is 21.9 Å². The maximum Gasteiger partial charge on any atom is 0.265 e. The minimum Gasteiger partial charge on any atom is -0.381 e. The normalized spacial score (nSPS) is 17.9. The Bertz CT molecular complexity index is 1420. The molecule has 0 saturated carbocycles. The first-order chi connectivity index (χ1) is 17.9. The summed E-state index contributed by atoms with van der Waals surface area (Å²) < 4.78 is 30.4. The van der Waals surface area contributed by atoms with Gasteiger partial charge in [-0.05, 0) is 84.3 Å². The summed E-state index contributed by atoms with van der Waals surface area (Å²) in [6, 6.07) is 18.1. The average Bonchev–Trinajstić information content (AvgIpc) is 2.96. The molecule has 2 heterocycles. The van der Waals surface area contributed by atoms with E-state index in [0.29, 0.717) is 5.56 Å². The van der Waals surface area contributed by atoms with Crippen molar-refractivity contribution in [1.82, 2.24) is 10.4 Å².